The van der Waals surface area contributed by atoms with Gasteiger partial charge in [-0.2, -0.15) is 0 Å². The molecule has 28 heavy (non-hydrogen) atoms. The Hall–Kier alpha value is -3.16. The van der Waals surface area contributed by atoms with Crippen molar-refractivity contribution in [3.8, 4) is 5.75 Å². The Morgan fingerprint density at radius 3 is 2.43 bits per heavy atom. The summed E-state index contributed by atoms with van der Waals surface area (Å²) in [5.41, 5.74) is 2.76. The van der Waals surface area contributed by atoms with Gasteiger partial charge in [-0.1, -0.05) is 30.3 Å². The van der Waals surface area contributed by atoms with Crippen LogP contribution in [-0.4, -0.2) is 21.8 Å². The molecule has 1 amide bonds. The number of carbonyl (C=O) groups is 1. The van der Waals surface area contributed by atoms with Crippen LogP contribution in [0.2, 0.25) is 0 Å². The first-order chi connectivity index (χ1) is 13.5. The van der Waals surface area contributed by atoms with E-state index in [4.69, 9.17) is 4.74 Å². The molecule has 1 unspecified atom stereocenters. The second kappa shape index (κ2) is 8.69. The van der Waals surface area contributed by atoms with Crippen LogP contribution in [0.3, 0.4) is 0 Å². The van der Waals surface area contributed by atoms with Gasteiger partial charge in [-0.05, 0) is 55.0 Å². The van der Waals surface area contributed by atoms with Crippen LogP contribution in [0.5, 0.6) is 5.75 Å². The van der Waals surface area contributed by atoms with Crippen molar-refractivity contribution < 1.29 is 18.3 Å². The van der Waals surface area contributed by atoms with Crippen LogP contribution in [0.1, 0.15) is 15.9 Å². The molecule has 144 valence electrons. The third kappa shape index (κ3) is 4.39. The average Bonchev–Trinajstić information content (AvgIpc) is 2.68. The van der Waals surface area contributed by atoms with Crippen molar-refractivity contribution in [2.24, 2.45) is 0 Å². The Morgan fingerprint density at radius 1 is 1.04 bits per heavy atom. The standard InChI is InChI=1S/C21H20N2O4S/c1-15-7-6-10-18(13-15)23(28(25)26)19-14-16(11-12-20(19)27-2)21(24)22-17-8-4-3-5-9-17/h3-14H,1-2H3,(H,22,24)(H,25,26). The zero-order valence-corrected chi connectivity index (χ0v) is 16.3. The zero-order chi connectivity index (χ0) is 20.1. The highest BCUT2D eigenvalue weighted by molar-refractivity contribution is 7.81. The highest BCUT2D eigenvalue weighted by atomic mass is 32.2. The van der Waals surface area contributed by atoms with Gasteiger partial charge >= 0.3 is 0 Å². The fourth-order valence-corrected chi connectivity index (χ4v) is 3.39. The fourth-order valence-electron chi connectivity index (χ4n) is 2.78. The largest absolute Gasteiger partial charge is 0.495 e. The number of ether oxygens (including phenoxy) is 1. The van der Waals surface area contributed by atoms with E-state index in [0.29, 0.717) is 28.4 Å². The summed E-state index contributed by atoms with van der Waals surface area (Å²) in [5, 5.41) is 2.80. The summed E-state index contributed by atoms with van der Waals surface area (Å²) in [4.78, 5) is 12.6. The maximum Gasteiger partial charge on any atom is 0.266 e. The number of para-hydroxylation sites is 1. The van der Waals surface area contributed by atoms with Crippen LogP contribution in [0, 0.1) is 6.92 Å². The van der Waals surface area contributed by atoms with Crippen LogP contribution >= 0.6 is 0 Å². The number of amides is 1. The van der Waals surface area contributed by atoms with Gasteiger partial charge in [0.2, 0.25) is 0 Å². The highest BCUT2D eigenvalue weighted by Gasteiger charge is 2.21. The number of hydrogen-bond acceptors (Lipinski definition) is 3. The van der Waals surface area contributed by atoms with E-state index < -0.39 is 11.3 Å². The number of carbonyl (C=O) groups excluding carboxylic acids is 1. The number of benzene rings is 3. The molecular formula is C21H20N2O4S. The molecule has 0 aromatic heterocycles. The van der Waals surface area contributed by atoms with Gasteiger partial charge in [0.05, 0.1) is 18.5 Å². The van der Waals surface area contributed by atoms with Crippen molar-refractivity contribution in [1.82, 2.24) is 0 Å². The van der Waals surface area contributed by atoms with Crippen LogP contribution in [0.25, 0.3) is 0 Å². The van der Waals surface area contributed by atoms with E-state index in [-0.39, 0.29) is 5.91 Å². The molecule has 3 rings (SSSR count). The predicted octanol–water partition coefficient (Wildman–Crippen LogP) is 4.53. The molecule has 6 nitrogen and oxygen atoms in total. The summed E-state index contributed by atoms with van der Waals surface area (Å²) in [6, 6.07) is 21.0. The second-order valence-corrected chi connectivity index (χ2v) is 6.90. The number of aryl methyl sites for hydroxylation is 1. The molecule has 0 fully saturated rings. The van der Waals surface area contributed by atoms with Crippen molar-refractivity contribution in [3.05, 3.63) is 83.9 Å². The molecule has 0 spiro atoms. The fraction of sp³-hybridized carbons (Fsp3) is 0.0952. The molecule has 0 aliphatic rings. The summed E-state index contributed by atoms with van der Waals surface area (Å²) in [6.07, 6.45) is 0. The number of hydrogen-bond donors (Lipinski definition) is 2. The topological polar surface area (TPSA) is 78.9 Å². The van der Waals surface area contributed by atoms with E-state index >= 15 is 0 Å². The zero-order valence-electron chi connectivity index (χ0n) is 15.5. The Morgan fingerprint density at radius 2 is 1.79 bits per heavy atom. The first-order valence-corrected chi connectivity index (χ1v) is 9.58. The summed E-state index contributed by atoms with van der Waals surface area (Å²) < 4.78 is 28.6. The first kappa shape index (κ1) is 19.6. The van der Waals surface area contributed by atoms with Crippen molar-refractivity contribution in [1.29, 1.82) is 0 Å². The quantitative estimate of drug-likeness (QED) is 0.600. The average molecular weight is 396 g/mol. The van der Waals surface area contributed by atoms with Gasteiger partial charge in [-0.3, -0.25) is 9.35 Å². The molecule has 0 saturated carbocycles. The van der Waals surface area contributed by atoms with Gasteiger partial charge in [-0.15, -0.1) is 0 Å². The minimum absolute atomic E-state index is 0.314. The third-order valence-corrected chi connectivity index (χ3v) is 4.80. The Balaban J connectivity index is 2.02. The molecule has 0 bridgehead atoms. The SMILES string of the molecule is COc1ccc(C(=O)Nc2ccccc2)cc1N(c1cccc(C)c1)S(=O)O. The molecule has 3 aromatic carbocycles. The van der Waals surface area contributed by atoms with Gasteiger partial charge in [0.1, 0.15) is 5.75 Å². The lowest BCUT2D eigenvalue weighted by Gasteiger charge is -2.23. The van der Waals surface area contributed by atoms with E-state index in [1.807, 2.05) is 31.2 Å². The highest BCUT2D eigenvalue weighted by Crippen LogP contribution is 2.36. The summed E-state index contributed by atoms with van der Waals surface area (Å²) in [7, 11) is 1.47. The monoisotopic (exact) mass is 396 g/mol. The number of anilines is 3. The van der Waals surface area contributed by atoms with Crippen LogP contribution < -0.4 is 14.4 Å². The lowest BCUT2D eigenvalue weighted by atomic mass is 10.1. The number of methoxy groups -OCH3 is 1. The van der Waals surface area contributed by atoms with Crippen molar-refractivity contribution in [3.63, 3.8) is 0 Å². The van der Waals surface area contributed by atoms with Gasteiger partial charge < -0.3 is 10.1 Å². The Kier molecular flexibility index (Phi) is 6.08. The Labute approximate surface area is 166 Å². The predicted molar refractivity (Wildman–Crippen MR) is 111 cm³/mol. The van der Waals surface area contributed by atoms with E-state index in [1.165, 1.54) is 17.5 Å². The van der Waals surface area contributed by atoms with Gasteiger partial charge in [0.25, 0.3) is 17.2 Å². The van der Waals surface area contributed by atoms with Crippen molar-refractivity contribution in [2.45, 2.75) is 6.92 Å². The smallest absolute Gasteiger partial charge is 0.266 e. The number of nitrogens with one attached hydrogen (secondary N) is 1. The molecule has 0 radical (unpaired) electrons. The van der Waals surface area contributed by atoms with E-state index in [2.05, 4.69) is 5.32 Å². The molecule has 1 atom stereocenters. The normalized spacial score (nSPS) is 11.5. The van der Waals surface area contributed by atoms with Crippen LogP contribution in [0.15, 0.2) is 72.8 Å². The third-order valence-electron chi connectivity index (χ3n) is 4.08. The van der Waals surface area contributed by atoms with Crippen LogP contribution in [-0.2, 0) is 11.3 Å². The summed E-state index contributed by atoms with van der Waals surface area (Å²) >= 11 is -2.36. The number of rotatable bonds is 6. The van der Waals surface area contributed by atoms with Gasteiger partial charge in [0, 0.05) is 11.3 Å². The molecule has 0 heterocycles. The van der Waals surface area contributed by atoms with Crippen molar-refractivity contribution in [2.75, 3.05) is 16.7 Å². The van der Waals surface area contributed by atoms with Crippen molar-refractivity contribution >= 4 is 34.2 Å². The molecule has 3 aromatic rings. The lowest BCUT2D eigenvalue weighted by molar-refractivity contribution is 0.102. The Bertz CT molecular complexity index is 1010. The molecule has 0 saturated heterocycles. The molecule has 0 aliphatic heterocycles. The van der Waals surface area contributed by atoms with E-state index in [0.717, 1.165) is 5.56 Å². The maximum absolute atomic E-state index is 12.6. The second-order valence-electron chi connectivity index (χ2n) is 6.07. The minimum Gasteiger partial charge on any atom is -0.495 e. The van der Waals surface area contributed by atoms with Gasteiger partial charge in [0.15, 0.2) is 0 Å². The molecule has 2 N–H and O–H groups in total. The molecular weight excluding hydrogens is 376 g/mol. The molecule has 7 heteroatoms. The maximum atomic E-state index is 12.6. The summed E-state index contributed by atoms with van der Waals surface area (Å²) in [6.45, 7) is 1.89. The minimum atomic E-state index is -2.36. The number of nitrogens with zero attached hydrogens (tertiary/aromatic N) is 1. The lowest BCUT2D eigenvalue weighted by Crippen LogP contribution is -2.21. The van der Waals surface area contributed by atoms with Gasteiger partial charge in [-0.25, -0.2) is 8.51 Å². The summed E-state index contributed by atoms with van der Waals surface area (Å²) in [5.74, 6) is 0.0446. The van der Waals surface area contributed by atoms with E-state index in [9.17, 15) is 13.6 Å². The van der Waals surface area contributed by atoms with Crippen LogP contribution in [0.4, 0.5) is 17.1 Å². The first-order valence-electron chi connectivity index (χ1n) is 8.52. The molecule has 0 aliphatic carbocycles. The van der Waals surface area contributed by atoms with E-state index in [1.54, 1.807) is 42.5 Å².